The lowest BCUT2D eigenvalue weighted by Crippen LogP contribution is -2.04. The number of rotatable bonds is 8. The Labute approximate surface area is 187 Å². The maximum absolute atomic E-state index is 12.8. The summed E-state index contributed by atoms with van der Waals surface area (Å²) >= 11 is 12.3. The van der Waals surface area contributed by atoms with Crippen LogP contribution in [0.5, 0.6) is 5.75 Å². The van der Waals surface area contributed by atoms with Crippen LogP contribution in [-0.4, -0.2) is 17.4 Å². The summed E-state index contributed by atoms with van der Waals surface area (Å²) in [4.78, 5) is 17.4. The molecule has 6 heteroatoms. The number of Topliss-reactive ketones (excluding diaryl/α,β-unsaturated/α-hetero) is 1. The average molecular weight is 446 g/mol. The molecular formula is C24H25Cl2NO3. The minimum atomic E-state index is 0.0601. The van der Waals surface area contributed by atoms with E-state index in [-0.39, 0.29) is 11.7 Å². The summed E-state index contributed by atoms with van der Waals surface area (Å²) in [5.41, 5.74) is 3.09. The van der Waals surface area contributed by atoms with E-state index in [9.17, 15) is 4.79 Å². The third-order valence-corrected chi connectivity index (χ3v) is 5.35. The average Bonchev–Trinajstić information content (AvgIpc) is 3.12. The third kappa shape index (κ3) is 5.05. The first kappa shape index (κ1) is 22.4. The second kappa shape index (κ2) is 9.67. The molecule has 1 heterocycles. The highest BCUT2D eigenvalue weighted by molar-refractivity contribution is 6.36. The number of ether oxygens (including phenoxy) is 1. The smallest absolute Gasteiger partial charge is 0.228 e. The molecule has 0 radical (unpaired) electrons. The van der Waals surface area contributed by atoms with Crippen LogP contribution >= 0.6 is 23.2 Å². The van der Waals surface area contributed by atoms with Gasteiger partial charge in [-0.25, -0.2) is 4.98 Å². The van der Waals surface area contributed by atoms with Crippen LogP contribution in [0.1, 0.15) is 60.5 Å². The van der Waals surface area contributed by atoms with E-state index >= 15 is 0 Å². The SMILES string of the molecule is CCOc1ccc(C(=O)CCc2nc(-c3ccc(Cl)cc3Cl)oc2C(C)C)cc1C. The summed E-state index contributed by atoms with van der Waals surface area (Å²) < 4.78 is 11.6. The number of aromatic nitrogens is 1. The zero-order valence-corrected chi connectivity index (χ0v) is 19.1. The minimum Gasteiger partial charge on any atom is -0.494 e. The number of hydrogen-bond acceptors (Lipinski definition) is 4. The van der Waals surface area contributed by atoms with Gasteiger partial charge >= 0.3 is 0 Å². The lowest BCUT2D eigenvalue weighted by Gasteiger charge is -2.09. The van der Waals surface area contributed by atoms with Crippen LogP contribution in [0.25, 0.3) is 11.5 Å². The van der Waals surface area contributed by atoms with Gasteiger partial charge in [-0.05, 0) is 55.8 Å². The van der Waals surface area contributed by atoms with Crippen LogP contribution in [-0.2, 0) is 6.42 Å². The Bertz CT molecular complexity index is 1060. The van der Waals surface area contributed by atoms with E-state index in [1.165, 1.54) is 0 Å². The normalized spacial score (nSPS) is 11.2. The summed E-state index contributed by atoms with van der Waals surface area (Å²) in [6, 6.07) is 10.7. The third-order valence-electron chi connectivity index (χ3n) is 4.80. The fourth-order valence-corrected chi connectivity index (χ4v) is 3.78. The van der Waals surface area contributed by atoms with Gasteiger partial charge < -0.3 is 9.15 Å². The van der Waals surface area contributed by atoms with Gasteiger partial charge in [0, 0.05) is 29.3 Å². The molecule has 3 rings (SSSR count). The Morgan fingerprint density at radius 1 is 1.17 bits per heavy atom. The molecule has 158 valence electrons. The molecule has 2 aromatic carbocycles. The molecule has 3 aromatic rings. The first-order valence-electron chi connectivity index (χ1n) is 10.0. The Morgan fingerprint density at radius 3 is 2.57 bits per heavy atom. The number of carbonyl (C=O) groups excluding carboxylic acids is 1. The fraction of sp³-hybridized carbons (Fsp3) is 0.333. The molecule has 0 amide bonds. The molecule has 30 heavy (non-hydrogen) atoms. The zero-order valence-electron chi connectivity index (χ0n) is 17.6. The highest BCUT2D eigenvalue weighted by Crippen LogP contribution is 2.33. The number of nitrogens with zero attached hydrogens (tertiary/aromatic N) is 1. The molecule has 0 saturated heterocycles. The number of halogens is 2. The number of ketones is 1. The van der Waals surface area contributed by atoms with Crippen molar-refractivity contribution >= 4 is 29.0 Å². The number of hydrogen-bond donors (Lipinski definition) is 0. The van der Waals surface area contributed by atoms with Gasteiger partial charge in [0.25, 0.3) is 0 Å². The van der Waals surface area contributed by atoms with Gasteiger partial charge in [-0.15, -0.1) is 0 Å². The van der Waals surface area contributed by atoms with Crippen molar-refractivity contribution < 1.29 is 13.9 Å². The quantitative estimate of drug-likeness (QED) is 0.341. The standard InChI is InChI=1S/C24H25Cl2NO3/c1-5-29-22-11-6-16(12-15(22)4)21(28)10-9-20-23(14(2)3)30-24(27-20)18-8-7-17(25)13-19(18)26/h6-8,11-14H,5,9-10H2,1-4H3. The molecular weight excluding hydrogens is 421 g/mol. The predicted molar refractivity (Wildman–Crippen MR) is 121 cm³/mol. The molecule has 0 atom stereocenters. The van der Waals surface area contributed by atoms with E-state index < -0.39 is 0 Å². The number of benzene rings is 2. The summed E-state index contributed by atoms with van der Waals surface area (Å²) in [6.45, 7) is 8.55. The van der Waals surface area contributed by atoms with Crippen LogP contribution < -0.4 is 4.74 Å². The van der Waals surface area contributed by atoms with Gasteiger partial charge in [0.15, 0.2) is 5.78 Å². The van der Waals surface area contributed by atoms with E-state index in [0.717, 1.165) is 22.8 Å². The molecule has 0 N–H and O–H groups in total. The largest absolute Gasteiger partial charge is 0.494 e. The first-order chi connectivity index (χ1) is 14.3. The lowest BCUT2D eigenvalue weighted by atomic mass is 10.0. The molecule has 0 bridgehead atoms. The van der Waals surface area contributed by atoms with Crippen molar-refractivity contribution in [1.82, 2.24) is 4.98 Å². The van der Waals surface area contributed by atoms with Crippen molar-refractivity contribution in [2.24, 2.45) is 0 Å². The second-order valence-corrected chi connectivity index (χ2v) is 8.29. The Kier molecular flexibility index (Phi) is 7.22. The number of carbonyl (C=O) groups is 1. The van der Waals surface area contributed by atoms with Gasteiger partial charge in [0.2, 0.25) is 5.89 Å². The van der Waals surface area contributed by atoms with Crippen LogP contribution in [0.15, 0.2) is 40.8 Å². The molecule has 0 fully saturated rings. The topological polar surface area (TPSA) is 52.3 Å². The molecule has 4 nitrogen and oxygen atoms in total. The van der Waals surface area contributed by atoms with E-state index in [1.807, 2.05) is 45.9 Å². The van der Waals surface area contributed by atoms with Gasteiger partial charge in [-0.3, -0.25) is 4.79 Å². The van der Waals surface area contributed by atoms with Gasteiger partial charge in [-0.2, -0.15) is 0 Å². The maximum atomic E-state index is 12.8. The minimum absolute atomic E-state index is 0.0601. The molecule has 0 saturated carbocycles. The van der Waals surface area contributed by atoms with Crippen molar-refractivity contribution in [2.75, 3.05) is 6.61 Å². The van der Waals surface area contributed by atoms with Crippen LogP contribution in [0.4, 0.5) is 0 Å². The number of oxazole rings is 1. The fourth-order valence-electron chi connectivity index (χ4n) is 3.29. The zero-order chi connectivity index (χ0) is 21.8. The summed E-state index contributed by atoms with van der Waals surface area (Å²) in [6.07, 6.45) is 0.834. The molecule has 0 aliphatic heterocycles. The summed E-state index contributed by atoms with van der Waals surface area (Å²) in [7, 11) is 0. The van der Waals surface area contributed by atoms with Crippen molar-refractivity contribution in [3.05, 3.63) is 69.0 Å². The van der Waals surface area contributed by atoms with Gasteiger partial charge in [-0.1, -0.05) is 37.0 Å². The maximum Gasteiger partial charge on any atom is 0.228 e. The van der Waals surface area contributed by atoms with Crippen molar-refractivity contribution in [1.29, 1.82) is 0 Å². The van der Waals surface area contributed by atoms with E-state index in [0.29, 0.717) is 46.5 Å². The lowest BCUT2D eigenvalue weighted by molar-refractivity contribution is 0.0982. The monoisotopic (exact) mass is 445 g/mol. The Morgan fingerprint density at radius 2 is 1.93 bits per heavy atom. The summed E-state index contributed by atoms with van der Waals surface area (Å²) in [5, 5.41) is 1.03. The van der Waals surface area contributed by atoms with Crippen molar-refractivity contribution in [3.63, 3.8) is 0 Å². The Balaban J connectivity index is 1.80. The predicted octanol–water partition coefficient (Wildman–Crippen LogP) is 7.29. The summed E-state index contributed by atoms with van der Waals surface area (Å²) in [5.74, 6) is 2.21. The van der Waals surface area contributed by atoms with Crippen LogP contribution in [0, 0.1) is 6.92 Å². The van der Waals surface area contributed by atoms with Crippen LogP contribution in [0.2, 0.25) is 10.0 Å². The highest BCUT2D eigenvalue weighted by atomic mass is 35.5. The van der Waals surface area contributed by atoms with Gasteiger partial charge in [0.1, 0.15) is 11.5 Å². The van der Waals surface area contributed by atoms with E-state index in [2.05, 4.69) is 4.98 Å². The molecule has 0 aliphatic carbocycles. The number of aryl methyl sites for hydroxylation is 2. The molecule has 0 unspecified atom stereocenters. The first-order valence-corrected chi connectivity index (χ1v) is 10.8. The molecule has 0 spiro atoms. The molecule has 1 aromatic heterocycles. The van der Waals surface area contributed by atoms with Gasteiger partial charge in [0.05, 0.1) is 22.9 Å². The Hall–Kier alpha value is -2.30. The second-order valence-electron chi connectivity index (χ2n) is 7.45. The van der Waals surface area contributed by atoms with E-state index in [1.54, 1.807) is 18.2 Å². The van der Waals surface area contributed by atoms with Crippen molar-refractivity contribution in [3.8, 4) is 17.2 Å². The molecule has 0 aliphatic rings. The van der Waals surface area contributed by atoms with E-state index in [4.69, 9.17) is 32.4 Å². The van der Waals surface area contributed by atoms with Crippen molar-refractivity contribution in [2.45, 2.75) is 46.5 Å². The highest BCUT2D eigenvalue weighted by Gasteiger charge is 2.20. The van der Waals surface area contributed by atoms with Crippen LogP contribution in [0.3, 0.4) is 0 Å².